The number of aliphatic carboxylic acids is 1. The van der Waals surface area contributed by atoms with Gasteiger partial charge < -0.3 is 19.3 Å². The lowest BCUT2D eigenvalue weighted by atomic mass is 9.82. The number of aromatic nitrogens is 1. The van der Waals surface area contributed by atoms with Crippen LogP contribution in [0.1, 0.15) is 73.3 Å². The number of fused-ring (bicyclic) bond motifs is 2. The second-order valence-electron chi connectivity index (χ2n) is 12.6. The molecule has 2 aromatic carbocycles. The zero-order valence-electron chi connectivity index (χ0n) is 24.8. The number of ether oxygens (including phenoxy) is 3. The van der Waals surface area contributed by atoms with E-state index in [0.29, 0.717) is 29.9 Å². The minimum Gasteiger partial charge on any atom is -0.485 e. The molecule has 1 aliphatic carbocycles. The van der Waals surface area contributed by atoms with Crippen molar-refractivity contribution in [1.82, 2.24) is 9.88 Å². The topological polar surface area (TPSA) is 81.1 Å². The normalized spacial score (nSPS) is 24.6. The first kappa shape index (κ1) is 28.3. The number of carboxylic acid groups (broad SMARTS) is 1. The van der Waals surface area contributed by atoms with Gasteiger partial charge in [0.2, 0.25) is 5.88 Å². The maximum atomic E-state index is 15.2. The summed E-state index contributed by atoms with van der Waals surface area (Å²) in [5, 5.41) is 9.77. The molecule has 7 rings (SSSR count). The highest BCUT2D eigenvalue weighted by molar-refractivity contribution is 5.71. The van der Waals surface area contributed by atoms with Crippen LogP contribution in [0, 0.1) is 17.7 Å². The number of aryl methyl sites for hydroxylation is 1. The van der Waals surface area contributed by atoms with Crippen LogP contribution >= 0.6 is 0 Å². The number of carboxylic acids is 1. The average molecular weight is 587 g/mol. The van der Waals surface area contributed by atoms with Crippen LogP contribution < -0.4 is 9.47 Å². The van der Waals surface area contributed by atoms with Crippen molar-refractivity contribution in [2.75, 3.05) is 20.3 Å². The first-order chi connectivity index (χ1) is 20.9. The molecule has 5 atom stereocenters. The highest BCUT2D eigenvalue weighted by atomic mass is 19.1. The summed E-state index contributed by atoms with van der Waals surface area (Å²) in [6.45, 7) is 4.26. The Balaban J connectivity index is 1.21. The van der Waals surface area contributed by atoms with Crippen LogP contribution in [-0.2, 0) is 22.5 Å². The van der Waals surface area contributed by atoms with Crippen molar-refractivity contribution in [2.45, 2.75) is 76.2 Å². The van der Waals surface area contributed by atoms with Gasteiger partial charge in [-0.3, -0.25) is 9.69 Å². The molecular formula is C35H39FN2O5. The fourth-order valence-corrected chi connectivity index (χ4v) is 7.56. The van der Waals surface area contributed by atoms with E-state index in [0.717, 1.165) is 85.2 Å². The van der Waals surface area contributed by atoms with Gasteiger partial charge in [0, 0.05) is 37.4 Å². The van der Waals surface area contributed by atoms with Gasteiger partial charge in [-0.2, -0.15) is 0 Å². The second kappa shape index (κ2) is 11.5. The summed E-state index contributed by atoms with van der Waals surface area (Å²) in [7, 11) is 1.54. The fourth-order valence-electron chi connectivity index (χ4n) is 7.56. The molecular weight excluding hydrogens is 547 g/mol. The van der Waals surface area contributed by atoms with Gasteiger partial charge >= 0.3 is 5.97 Å². The molecule has 1 N–H and O–H groups in total. The minimum absolute atomic E-state index is 0.00577. The number of pyridine rings is 1. The number of carbonyl (C=O) groups is 1. The molecule has 4 aliphatic rings. The van der Waals surface area contributed by atoms with E-state index in [2.05, 4.69) is 40.2 Å². The standard InChI is InChI=1S/C35H39FN2O5/c1-20(35(39)40)34(22-4-5-22)24-6-3-21-8-10-30(43-32(21)16-24)23-7-9-26(27-17-33(41-2)37-18-28(27)36)25(15-23)19-38-13-11-31-29(38)12-14-42-31/h3,6-7,9,15-18,20,22,29-31,34H,4-5,8,10-14,19H2,1-2H3,(H,39,40)/t20-,29?,30?,31?,34-/m0/s1. The Morgan fingerprint density at radius 1 is 1.12 bits per heavy atom. The van der Waals surface area contributed by atoms with Crippen molar-refractivity contribution in [3.05, 3.63) is 76.7 Å². The molecule has 7 nitrogen and oxygen atoms in total. The second-order valence-corrected chi connectivity index (χ2v) is 12.6. The molecule has 0 radical (unpaired) electrons. The van der Waals surface area contributed by atoms with Crippen LogP contribution in [-0.4, -0.2) is 53.4 Å². The Morgan fingerprint density at radius 2 is 1.98 bits per heavy atom. The lowest BCUT2D eigenvalue weighted by Gasteiger charge is -2.30. The SMILES string of the molecule is COc1cc(-c2ccc(C3CCc4ccc([C@H](C5CC5)[C@H](C)C(=O)O)cc4O3)cc2CN2CCC3OCCC32)c(F)cn1. The highest BCUT2D eigenvalue weighted by Crippen LogP contribution is 2.48. The smallest absolute Gasteiger partial charge is 0.306 e. The monoisotopic (exact) mass is 586 g/mol. The van der Waals surface area contributed by atoms with Gasteiger partial charge in [-0.25, -0.2) is 9.37 Å². The maximum Gasteiger partial charge on any atom is 0.306 e. The van der Waals surface area contributed by atoms with Crippen molar-refractivity contribution in [3.63, 3.8) is 0 Å². The summed E-state index contributed by atoms with van der Waals surface area (Å²) in [5.41, 5.74) is 5.63. The van der Waals surface area contributed by atoms with Gasteiger partial charge in [-0.1, -0.05) is 37.3 Å². The number of nitrogens with zero attached hydrogens (tertiary/aromatic N) is 2. The summed E-state index contributed by atoms with van der Waals surface area (Å²) in [6, 6.07) is 14.6. The average Bonchev–Trinajstić information content (AvgIpc) is 3.61. The number of likely N-dealkylation sites (tertiary alicyclic amines) is 1. The number of hydrogen-bond acceptors (Lipinski definition) is 6. The number of hydrogen-bond donors (Lipinski definition) is 1. The zero-order chi connectivity index (χ0) is 29.7. The summed E-state index contributed by atoms with van der Waals surface area (Å²) < 4.78 is 33.1. The maximum absolute atomic E-state index is 15.2. The van der Waals surface area contributed by atoms with Gasteiger partial charge in [0.25, 0.3) is 0 Å². The molecule has 2 saturated heterocycles. The quantitative estimate of drug-likeness (QED) is 0.305. The summed E-state index contributed by atoms with van der Waals surface area (Å²) in [5.74, 6) is 0.0599. The van der Waals surface area contributed by atoms with Crippen LogP contribution in [0.15, 0.2) is 48.7 Å². The van der Waals surface area contributed by atoms with E-state index in [9.17, 15) is 9.90 Å². The molecule has 8 heteroatoms. The van der Waals surface area contributed by atoms with Crippen LogP contribution in [0.2, 0.25) is 0 Å². The van der Waals surface area contributed by atoms with Crippen LogP contribution in [0.3, 0.4) is 0 Å². The summed E-state index contributed by atoms with van der Waals surface area (Å²) >= 11 is 0. The number of benzene rings is 2. The molecule has 4 heterocycles. The van der Waals surface area contributed by atoms with Gasteiger partial charge in [0.05, 0.1) is 25.3 Å². The van der Waals surface area contributed by atoms with E-state index in [1.165, 1.54) is 13.3 Å². The van der Waals surface area contributed by atoms with E-state index in [1.54, 1.807) is 6.07 Å². The van der Waals surface area contributed by atoms with E-state index in [4.69, 9.17) is 14.2 Å². The molecule has 226 valence electrons. The minimum atomic E-state index is -0.752. The van der Waals surface area contributed by atoms with Crippen molar-refractivity contribution in [3.8, 4) is 22.8 Å². The van der Waals surface area contributed by atoms with Gasteiger partial charge in [0.1, 0.15) is 17.7 Å². The molecule has 1 saturated carbocycles. The van der Waals surface area contributed by atoms with Crippen molar-refractivity contribution in [2.24, 2.45) is 11.8 Å². The fraction of sp³-hybridized carbons (Fsp3) is 0.486. The Kier molecular flexibility index (Phi) is 7.60. The van der Waals surface area contributed by atoms with Crippen molar-refractivity contribution < 1.29 is 28.5 Å². The molecule has 1 aromatic heterocycles. The molecule has 3 unspecified atom stereocenters. The highest BCUT2D eigenvalue weighted by Gasteiger charge is 2.40. The predicted octanol–water partition coefficient (Wildman–Crippen LogP) is 6.54. The molecule has 0 amide bonds. The Morgan fingerprint density at radius 3 is 2.77 bits per heavy atom. The summed E-state index contributed by atoms with van der Waals surface area (Å²) in [6.07, 6.45) is 7.26. The first-order valence-corrected chi connectivity index (χ1v) is 15.6. The van der Waals surface area contributed by atoms with E-state index in [-0.39, 0.29) is 23.9 Å². The van der Waals surface area contributed by atoms with Gasteiger partial charge in [-0.15, -0.1) is 0 Å². The third-order valence-electron chi connectivity index (χ3n) is 10.0. The zero-order valence-corrected chi connectivity index (χ0v) is 24.8. The van der Waals surface area contributed by atoms with Crippen molar-refractivity contribution in [1.29, 1.82) is 0 Å². The van der Waals surface area contributed by atoms with E-state index in [1.807, 2.05) is 13.0 Å². The first-order valence-electron chi connectivity index (χ1n) is 15.6. The molecule has 0 bridgehead atoms. The third-order valence-corrected chi connectivity index (χ3v) is 10.0. The lowest BCUT2D eigenvalue weighted by molar-refractivity contribution is -0.142. The number of rotatable bonds is 9. The molecule has 3 aromatic rings. The van der Waals surface area contributed by atoms with Crippen molar-refractivity contribution >= 4 is 5.97 Å². The number of methoxy groups -OCH3 is 1. The molecule has 3 aliphatic heterocycles. The third kappa shape index (κ3) is 5.51. The molecule has 0 spiro atoms. The Bertz CT molecular complexity index is 1520. The Hall–Kier alpha value is -3.49. The van der Waals surface area contributed by atoms with Gasteiger partial charge in [-0.05, 0) is 84.2 Å². The lowest BCUT2D eigenvalue weighted by Crippen LogP contribution is -2.31. The van der Waals surface area contributed by atoms with E-state index >= 15 is 4.39 Å². The molecule has 3 fully saturated rings. The van der Waals surface area contributed by atoms with Gasteiger partial charge in [0.15, 0.2) is 0 Å². The number of halogens is 1. The Labute approximate surface area is 252 Å². The van der Waals surface area contributed by atoms with E-state index < -0.39 is 11.9 Å². The molecule has 43 heavy (non-hydrogen) atoms. The van der Waals surface area contributed by atoms with Crippen LogP contribution in [0.5, 0.6) is 11.6 Å². The van der Waals surface area contributed by atoms with Crippen LogP contribution in [0.25, 0.3) is 11.1 Å². The summed E-state index contributed by atoms with van der Waals surface area (Å²) in [4.78, 5) is 18.4. The largest absolute Gasteiger partial charge is 0.485 e. The van der Waals surface area contributed by atoms with Crippen LogP contribution in [0.4, 0.5) is 4.39 Å². The predicted molar refractivity (Wildman–Crippen MR) is 160 cm³/mol.